The fraction of sp³-hybridized carbons (Fsp3) is 0.364. The highest BCUT2D eigenvalue weighted by Crippen LogP contribution is 2.14. The van der Waals surface area contributed by atoms with Gasteiger partial charge in [0.1, 0.15) is 12.2 Å². The van der Waals surface area contributed by atoms with Gasteiger partial charge in [0.15, 0.2) is 11.6 Å². The van der Waals surface area contributed by atoms with Gasteiger partial charge in [-0.25, -0.2) is 19.3 Å². The van der Waals surface area contributed by atoms with Crippen LogP contribution in [0.4, 0.5) is 4.39 Å². The van der Waals surface area contributed by atoms with Gasteiger partial charge in [-0.15, -0.1) is 0 Å². The van der Waals surface area contributed by atoms with E-state index in [0.717, 1.165) is 18.7 Å². The normalized spacial score (nSPS) is 10.7. The van der Waals surface area contributed by atoms with Gasteiger partial charge >= 0.3 is 0 Å². The number of aryl methyl sites for hydroxylation is 2. The Morgan fingerprint density at radius 3 is 2.88 bits per heavy atom. The molecule has 0 fully saturated rings. The molecule has 0 amide bonds. The molecule has 0 bridgehead atoms. The van der Waals surface area contributed by atoms with Gasteiger partial charge in [-0.05, 0) is 13.3 Å². The smallest absolute Gasteiger partial charge is 0.187 e. The van der Waals surface area contributed by atoms with E-state index < -0.39 is 5.82 Å². The highest BCUT2D eigenvalue weighted by molar-refractivity contribution is 5.27. The molecule has 0 unspecified atom stereocenters. The van der Waals surface area contributed by atoms with E-state index in [0.29, 0.717) is 5.69 Å². The molecule has 0 N–H and O–H groups in total. The molecule has 84 valence electrons. The van der Waals surface area contributed by atoms with Crippen LogP contribution in [-0.2, 0) is 6.42 Å². The Bertz CT molecular complexity index is 492. The van der Waals surface area contributed by atoms with Crippen molar-refractivity contribution in [2.45, 2.75) is 26.7 Å². The van der Waals surface area contributed by atoms with Crippen LogP contribution < -0.4 is 0 Å². The topological polar surface area (TPSA) is 43.6 Å². The average molecular weight is 220 g/mol. The quantitative estimate of drug-likeness (QED) is 0.795. The second-order valence-electron chi connectivity index (χ2n) is 3.56. The molecule has 0 aliphatic heterocycles. The zero-order chi connectivity index (χ0) is 11.5. The summed E-state index contributed by atoms with van der Waals surface area (Å²) in [6.45, 7) is 3.68. The van der Waals surface area contributed by atoms with Gasteiger partial charge in [-0.1, -0.05) is 6.92 Å². The van der Waals surface area contributed by atoms with Gasteiger partial charge in [-0.2, -0.15) is 0 Å². The summed E-state index contributed by atoms with van der Waals surface area (Å²) in [5, 5.41) is 0. The second-order valence-corrected chi connectivity index (χ2v) is 3.56. The minimum Gasteiger partial charge on any atom is -0.285 e. The van der Waals surface area contributed by atoms with Crippen molar-refractivity contribution in [1.82, 2.24) is 19.5 Å². The zero-order valence-electron chi connectivity index (χ0n) is 9.31. The van der Waals surface area contributed by atoms with E-state index in [9.17, 15) is 4.39 Å². The van der Waals surface area contributed by atoms with Crippen LogP contribution in [-0.4, -0.2) is 19.5 Å². The number of rotatable bonds is 3. The predicted octanol–water partition coefficient (Wildman–Crippen LogP) is 2.06. The molecule has 0 aromatic carbocycles. The molecule has 2 aromatic rings. The van der Waals surface area contributed by atoms with Crippen LogP contribution in [0.5, 0.6) is 0 Å². The van der Waals surface area contributed by atoms with Gasteiger partial charge in [0.25, 0.3) is 0 Å². The van der Waals surface area contributed by atoms with Crippen molar-refractivity contribution in [2.75, 3.05) is 0 Å². The molecule has 2 rings (SSSR count). The molecule has 0 radical (unpaired) electrons. The van der Waals surface area contributed by atoms with Crippen molar-refractivity contribution in [3.05, 3.63) is 36.1 Å². The standard InChI is InChI=1S/C11H13FN4/c1-3-4-9-13-5-6-16(9)11-10(12)8(2)14-7-15-11/h5-7H,3-4H2,1-2H3. The molecular weight excluding hydrogens is 207 g/mol. The Morgan fingerprint density at radius 1 is 1.31 bits per heavy atom. The van der Waals surface area contributed by atoms with Crippen LogP contribution in [0.2, 0.25) is 0 Å². The first-order valence-electron chi connectivity index (χ1n) is 5.23. The lowest BCUT2D eigenvalue weighted by molar-refractivity contribution is 0.585. The number of halogens is 1. The Morgan fingerprint density at radius 2 is 2.12 bits per heavy atom. The maximum atomic E-state index is 13.8. The molecule has 2 aromatic heterocycles. The summed E-state index contributed by atoms with van der Waals surface area (Å²) in [7, 11) is 0. The maximum Gasteiger partial charge on any atom is 0.187 e. The molecule has 0 saturated carbocycles. The van der Waals surface area contributed by atoms with Crippen molar-refractivity contribution < 1.29 is 4.39 Å². The number of hydrogen-bond acceptors (Lipinski definition) is 3. The van der Waals surface area contributed by atoms with Crippen LogP contribution in [0.15, 0.2) is 18.7 Å². The second kappa shape index (κ2) is 4.38. The molecule has 2 heterocycles. The van der Waals surface area contributed by atoms with E-state index >= 15 is 0 Å². The van der Waals surface area contributed by atoms with Gasteiger partial charge in [-0.3, -0.25) is 4.57 Å². The Labute approximate surface area is 93.2 Å². The first-order chi connectivity index (χ1) is 7.74. The Kier molecular flexibility index (Phi) is 2.94. The van der Waals surface area contributed by atoms with E-state index in [-0.39, 0.29) is 5.82 Å². The molecule has 0 saturated heterocycles. The SMILES string of the molecule is CCCc1nccn1-c1ncnc(C)c1F. The predicted molar refractivity (Wildman–Crippen MR) is 57.8 cm³/mol. The zero-order valence-corrected chi connectivity index (χ0v) is 9.31. The molecule has 0 aliphatic carbocycles. The maximum absolute atomic E-state index is 13.8. The third-order valence-electron chi connectivity index (χ3n) is 2.36. The summed E-state index contributed by atoms with van der Waals surface area (Å²) in [6.07, 6.45) is 6.50. The van der Waals surface area contributed by atoms with Gasteiger partial charge < -0.3 is 0 Å². The summed E-state index contributed by atoms with van der Waals surface area (Å²) in [5.74, 6) is 0.700. The van der Waals surface area contributed by atoms with E-state index in [2.05, 4.69) is 21.9 Å². The lowest BCUT2D eigenvalue weighted by atomic mass is 10.3. The molecule has 16 heavy (non-hydrogen) atoms. The minimum absolute atomic E-state index is 0.272. The van der Waals surface area contributed by atoms with Crippen LogP contribution in [0, 0.1) is 12.7 Å². The highest BCUT2D eigenvalue weighted by atomic mass is 19.1. The summed E-state index contributed by atoms with van der Waals surface area (Å²) < 4.78 is 15.5. The van der Waals surface area contributed by atoms with Crippen molar-refractivity contribution in [2.24, 2.45) is 0 Å². The fourth-order valence-corrected chi connectivity index (χ4v) is 1.55. The Hall–Kier alpha value is -1.78. The highest BCUT2D eigenvalue weighted by Gasteiger charge is 2.12. The number of nitrogens with zero attached hydrogens (tertiary/aromatic N) is 4. The first-order valence-corrected chi connectivity index (χ1v) is 5.23. The van der Waals surface area contributed by atoms with Gasteiger partial charge in [0, 0.05) is 18.8 Å². The van der Waals surface area contributed by atoms with Crippen molar-refractivity contribution >= 4 is 0 Å². The lowest BCUT2D eigenvalue weighted by Crippen LogP contribution is -2.07. The van der Waals surface area contributed by atoms with Gasteiger partial charge in [0.2, 0.25) is 0 Å². The molecular formula is C11H13FN4. The van der Waals surface area contributed by atoms with E-state index in [1.807, 2.05) is 0 Å². The largest absolute Gasteiger partial charge is 0.285 e. The summed E-state index contributed by atoms with van der Waals surface area (Å²) in [5.41, 5.74) is 0.348. The lowest BCUT2D eigenvalue weighted by Gasteiger charge is -2.07. The van der Waals surface area contributed by atoms with E-state index in [1.165, 1.54) is 6.33 Å². The number of imidazole rings is 1. The van der Waals surface area contributed by atoms with Crippen LogP contribution in [0.25, 0.3) is 5.82 Å². The molecule has 5 heteroatoms. The van der Waals surface area contributed by atoms with E-state index in [1.54, 1.807) is 23.9 Å². The number of hydrogen-bond donors (Lipinski definition) is 0. The minimum atomic E-state index is -0.391. The summed E-state index contributed by atoms with van der Waals surface area (Å²) >= 11 is 0. The Balaban J connectivity index is 2.50. The van der Waals surface area contributed by atoms with Crippen molar-refractivity contribution in [1.29, 1.82) is 0 Å². The van der Waals surface area contributed by atoms with Crippen molar-refractivity contribution in [3.63, 3.8) is 0 Å². The first kappa shape index (κ1) is 10.7. The average Bonchev–Trinajstić information content (AvgIpc) is 2.71. The van der Waals surface area contributed by atoms with Crippen LogP contribution >= 0.6 is 0 Å². The third-order valence-corrected chi connectivity index (χ3v) is 2.36. The third kappa shape index (κ3) is 1.80. The fourth-order valence-electron chi connectivity index (χ4n) is 1.55. The monoisotopic (exact) mass is 220 g/mol. The van der Waals surface area contributed by atoms with Crippen LogP contribution in [0.1, 0.15) is 24.9 Å². The molecule has 0 aliphatic rings. The molecule has 4 nitrogen and oxygen atoms in total. The molecule has 0 atom stereocenters. The molecule has 0 spiro atoms. The number of aromatic nitrogens is 4. The van der Waals surface area contributed by atoms with Crippen LogP contribution in [0.3, 0.4) is 0 Å². The summed E-state index contributed by atoms with van der Waals surface area (Å²) in [6, 6.07) is 0. The van der Waals surface area contributed by atoms with Crippen molar-refractivity contribution in [3.8, 4) is 5.82 Å². The van der Waals surface area contributed by atoms with E-state index in [4.69, 9.17) is 0 Å². The van der Waals surface area contributed by atoms with Gasteiger partial charge in [0.05, 0.1) is 5.69 Å². The summed E-state index contributed by atoms with van der Waals surface area (Å²) in [4.78, 5) is 12.0.